The molecule has 2 heterocycles. The van der Waals surface area contributed by atoms with Gasteiger partial charge in [0.1, 0.15) is 5.82 Å². The maximum Gasteiger partial charge on any atom is 0.329 e. The van der Waals surface area contributed by atoms with E-state index < -0.39 is 11.2 Å². The number of H-pyrrole nitrogens is 1. The lowest BCUT2D eigenvalue weighted by atomic mass is 10.2. The molecule has 3 aromatic rings. The van der Waals surface area contributed by atoms with E-state index in [1.54, 1.807) is 16.7 Å². The van der Waals surface area contributed by atoms with Crippen molar-refractivity contribution in [3.05, 3.63) is 61.2 Å². The van der Waals surface area contributed by atoms with Crippen LogP contribution in [0.15, 0.2) is 38.6 Å². The monoisotopic (exact) mass is 352 g/mol. The molecule has 8 heteroatoms. The van der Waals surface area contributed by atoms with Crippen LogP contribution in [0, 0.1) is 5.82 Å². The third-order valence-corrected chi connectivity index (χ3v) is 3.82. The molecule has 1 aromatic carbocycles. The standard InChI is InChI=1S/C13H10BrFN4O2/c1-18-10-9(11(20)17-13(18)21)19(12(14)16-10)6-7-2-4-8(15)5-3-7/h2-5H,6H2,1H3,(H,17,20,21). The van der Waals surface area contributed by atoms with Crippen LogP contribution < -0.4 is 11.2 Å². The van der Waals surface area contributed by atoms with Crippen molar-refractivity contribution in [2.75, 3.05) is 0 Å². The number of nitrogens with one attached hydrogen (secondary N) is 1. The van der Waals surface area contributed by atoms with Crippen LogP contribution in [0.2, 0.25) is 0 Å². The van der Waals surface area contributed by atoms with Gasteiger partial charge in [0.2, 0.25) is 0 Å². The van der Waals surface area contributed by atoms with Gasteiger partial charge in [-0.25, -0.2) is 14.2 Å². The normalized spacial score (nSPS) is 11.2. The largest absolute Gasteiger partial charge is 0.329 e. The first kappa shape index (κ1) is 13.7. The van der Waals surface area contributed by atoms with Crippen molar-refractivity contribution in [1.82, 2.24) is 19.1 Å². The number of aromatic amines is 1. The molecule has 0 atom stereocenters. The Morgan fingerprint density at radius 3 is 2.62 bits per heavy atom. The van der Waals surface area contributed by atoms with Crippen LogP contribution in [0.3, 0.4) is 0 Å². The summed E-state index contributed by atoms with van der Waals surface area (Å²) in [6.45, 7) is 0.332. The number of aromatic nitrogens is 4. The molecule has 0 unspecified atom stereocenters. The molecule has 21 heavy (non-hydrogen) atoms. The summed E-state index contributed by atoms with van der Waals surface area (Å²) >= 11 is 3.28. The first-order chi connectivity index (χ1) is 9.97. The Labute approximate surface area is 126 Å². The number of halogens is 2. The van der Waals surface area contributed by atoms with Gasteiger partial charge in [0.15, 0.2) is 15.9 Å². The highest BCUT2D eigenvalue weighted by atomic mass is 79.9. The fraction of sp³-hybridized carbons (Fsp3) is 0.154. The maximum atomic E-state index is 12.9. The second kappa shape index (κ2) is 4.96. The summed E-state index contributed by atoms with van der Waals surface area (Å²) in [5, 5.41) is 0. The molecule has 3 rings (SSSR count). The summed E-state index contributed by atoms with van der Waals surface area (Å²) in [7, 11) is 1.53. The van der Waals surface area contributed by atoms with Crippen molar-refractivity contribution < 1.29 is 4.39 Å². The zero-order valence-electron chi connectivity index (χ0n) is 10.9. The Bertz CT molecular complexity index is 940. The lowest BCUT2D eigenvalue weighted by Crippen LogP contribution is -2.29. The molecule has 1 N–H and O–H groups in total. The minimum absolute atomic E-state index is 0.285. The molecule has 6 nitrogen and oxygen atoms in total. The second-order valence-corrected chi connectivity index (χ2v) is 5.29. The lowest BCUT2D eigenvalue weighted by Gasteiger charge is -2.06. The highest BCUT2D eigenvalue weighted by molar-refractivity contribution is 9.10. The zero-order chi connectivity index (χ0) is 15.1. The van der Waals surface area contributed by atoms with E-state index in [1.165, 1.54) is 23.7 Å². The van der Waals surface area contributed by atoms with Gasteiger partial charge in [-0.2, -0.15) is 0 Å². The first-order valence-corrected chi connectivity index (χ1v) is 6.86. The van der Waals surface area contributed by atoms with E-state index in [-0.39, 0.29) is 17.0 Å². The van der Waals surface area contributed by atoms with Crippen LogP contribution in [0.25, 0.3) is 11.2 Å². The van der Waals surface area contributed by atoms with E-state index >= 15 is 0 Å². The van der Waals surface area contributed by atoms with Crippen LogP contribution in [0.5, 0.6) is 0 Å². The van der Waals surface area contributed by atoms with E-state index in [0.29, 0.717) is 11.3 Å². The number of benzene rings is 1. The van der Waals surface area contributed by atoms with Crippen LogP contribution in [-0.4, -0.2) is 19.1 Å². The fourth-order valence-corrected chi connectivity index (χ4v) is 2.60. The second-order valence-electron chi connectivity index (χ2n) is 4.58. The molecule has 0 amide bonds. The summed E-state index contributed by atoms with van der Waals surface area (Å²) in [6.07, 6.45) is 0. The molecule has 0 aliphatic carbocycles. The summed E-state index contributed by atoms with van der Waals surface area (Å²) < 4.78 is 16.3. The molecule has 0 aliphatic heterocycles. The van der Waals surface area contributed by atoms with Gasteiger partial charge >= 0.3 is 5.69 Å². The average molecular weight is 353 g/mol. The zero-order valence-corrected chi connectivity index (χ0v) is 12.5. The number of rotatable bonds is 2. The van der Waals surface area contributed by atoms with Crippen molar-refractivity contribution >= 4 is 27.1 Å². The van der Waals surface area contributed by atoms with Gasteiger partial charge in [-0.05, 0) is 33.6 Å². The SMILES string of the molecule is Cn1c(=O)[nH]c(=O)c2c1nc(Br)n2Cc1ccc(F)cc1. The van der Waals surface area contributed by atoms with Crippen molar-refractivity contribution in [3.63, 3.8) is 0 Å². The molecular formula is C13H10BrFN4O2. The quantitative estimate of drug-likeness (QED) is 0.708. The smallest absolute Gasteiger partial charge is 0.308 e. The molecule has 2 aromatic heterocycles. The summed E-state index contributed by atoms with van der Waals surface area (Å²) in [4.78, 5) is 30.0. The Kier molecular flexibility index (Phi) is 3.25. The predicted octanol–water partition coefficient (Wildman–Crippen LogP) is 1.37. The number of hydrogen-bond donors (Lipinski definition) is 1. The Hall–Kier alpha value is -2.22. The third kappa shape index (κ3) is 2.31. The third-order valence-electron chi connectivity index (χ3n) is 3.21. The lowest BCUT2D eigenvalue weighted by molar-refractivity contribution is 0.626. The topological polar surface area (TPSA) is 72.7 Å². The molecule has 0 bridgehead atoms. The average Bonchev–Trinajstić information content (AvgIpc) is 2.77. The summed E-state index contributed by atoms with van der Waals surface area (Å²) in [5.41, 5.74) is 0.357. The summed E-state index contributed by atoms with van der Waals surface area (Å²) in [5.74, 6) is -0.325. The molecular weight excluding hydrogens is 343 g/mol. The van der Waals surface area contributed by atoms with Gasteiger partial charge in [-0.15, -0.1) is 0 Å². The van der Waals surface area contributed by atoms with Gasteiger partial charge in [0.05, 0.1) is 6.54 Å². The Balaban J connectivity index is 2.21. The number of imidazole rings is 1. The van der Waals surface area contributed by atoms with Gasteiger partial charge in [-0.3, -0.25) is 14.3 Å². The highest BCUT2D eigenvalue weighted by Gasteiger charge is 2.15. The van der Waals surface area contributed by atoms with Gasteiger partial charge in [-0.1, -0.05) is 12.1 Å². The number of nitrogens with zero attached hydrogens (tertiary/aromatic N) is 3. The fourth-order valence-electron chi connectivity index (χ4n) is 2.12. The predicted molar refractivity (Wildman–Crippen MR) is 78.8 cm³/mol. The molecule has 0 fully saturated rings. The van der Waals surface area contributed by atoms with Crippen molar-refractivity contribution in [2.45, 2.75) is 6.54 Å². The first-order valence-electron chi connectivity index (χ1n) is 6.07. The molecule has 108 valence electrons. The van der Waals surface area contributed by atoms with Crippen molar-refractivity contribution in [1.29, 1.82) is 0 Å². The van der Waals surface area contributed by atoms with Crippen molar-refractivity contribution in [2.24, 2.45) is 7.05 Å². The van der Waals surface area contributed by atoms with E-state index in [0.717, 1.165) is 5.56 Å². The Morgan fingerprint density at radius 1 is 1.29 bits per heavy atom. The van der Waals surface area contributed by atoms with E-state index in [4.69, 9.17) is 0 Å². The number of aryl methyl sites for hydroxylation is 1. The van der Waals surface area contributed by atoms with E-state index in [1.807, 2.05) is 0 Å². The maximum absolute atomic E-state index is 12.9. The van der Waals surface area contributed by atoms with Crippen LogP contribution in [0.4, 0.5) is 4.39 Å². The number of hydrogen-bond acceptors (Lipinski definition) is 3. The van der Waals surface area contributed by atoms with Crippen LogP contribution in [0.1, 0.15) is 5.56 Å². The Morgan fingerprint density at radius 2 is 1.95 bits per heavy atom. The highest BCUT2D eigenvalue weighted by Crippen LogP contribution is 2.18. The number of fused-ring (bicyclic) bond motifs is 1. The van der Waals surface area contributed by atoms with E-state index in [9.17, 15) is 14.0 Å². The van der Waals surface area contributed by atoms with Gasteiger partial charge in [0.25, 0.3) is 5.56 Å². The molecule has 0 saturated carbocycles. The molecule has 0 aliphatic rings. The van der Waals surface area contributed by atoms with Crippen LogP contribution in [-0.2, 0) is 13.6 Å². The minimum atomic E-state index is -0.522. The van der Waals surface area contributed by atoms with Crippen LogP contribution >= 0.6 is 15.9 Å². The van der Waals surface area contributed by atoms with E-state index in [2.05, 4.69) is 25.9 Å². The molecule has 0 spiro atoms. The minimum Gasteiger partial charge on any atom is -0.308 e. The van der Waals surface area contributed by atoms with Crippen molar-refractivity contribution in [3.8, 4) is 0 Å². The molecule has 0 radical (unpaired) electrons. The summed E-state index contributed by atoms with van der Waals surface area (Å²) in [6, 6.07) is 5.96. The van der Waals surface area contributed by atoms with Gasteiger partial charge < -0.3 is 4.57 Å². The van der Waals surface area contributed by atoms with Gasteiger partial charge in [0, 0.05) is 7.05 Å². The molecule has 0 saturated heterocycles.